The molecule has 1 atom stereocenters. The molecule has 33 heavy (non-hydrogen) atoms. The summed E-state index contributed by atoms with van der Waals surface area (Å²) in [5, 5.41) is 13.9. The van der Waals surface area contributed by atoms with Gasteiger partial charge in [0, 0.05) is 11.6 Å². The maximum Gasteiger partial charge on any atom is 0.173 e. The molecule has 0 radical (unpaired) electrons. The minimum absolute atomic E-state index is 0.150. The first-order valence-corrected chi connectivity index (χ1v) is 11.9. The minimum Gasteiger partial charge on any atom is -0.468 e. The summed E-state index contributed by atoms with van der Waals surface area (Å²) < 4.78 is 7.81. The van der Waals surface area contributed by atoms with Crippen LogP contribution >= 0.6 is 11.6 Å². The molecule has 1 aliphatic carbocycles. The van der Waals surface area contributed by atoms with Crippen molar-refractivity contribution < 1.29 is 4.42 Å². The molecular weight excluding hydrogens is 434 g/mol. The molecule has 170 valence electrons. The maximum absolute atomic E-state index is 6.59. The Morgan fingerprint density at radius 2 is 1.82 bits per heavy atom. The number of rotatable bonds is 8. The molecule has 1 fully saturated rings. The Hall–Kier alpha value is -2.96. The van der Waals surface area contributed by atoms with Crippen molar-refractivity contribution in [2.75, 3.05) is 0 Å². The van der Waals surface area contributed by atoms with E-state index in [-0.39, 0.29) is 6.04 Å². The number of aromatic nitrogens is 4. The van der Waals surface area contributed by atoms with Gasteiger partial charge in [-0.15, -0.1) is 5.10 Å². The Labute approximate surface area is 199 Å². The van der Waals surface area contributed by atoms with Crippen molar-refractivity contribution in [2.24, 2.45) is 0 Å². The second-order valence-corrected chi connectivity index (χ2v) is 9.22. The molecule has 0 unspecified atom stereocenters. The van der Waals surface area contributed by atoms with E-state index >= 15 is 0 Å². The number of furan rings is 1. The Bertz CT molecular complexity index is 1170. The van der Waals surface area contributed by atoms with Gasteiger partial charge in [0.05, 0.1) is 24.9 Å². The van der Waals surface area contributed by atoms with Crippen LogP contribution in [-0.4, -0.2) is 25.1 Å². The smallest absolute Gasteiger partial charge is 0.173 e. The van der Waals surface area contributed by atoms with Crippen LogP contribution in [0.2, 0.25) is 5.02 Å². The molecule has 0 spiro atoms. The molecule has 6 nitrogen and oxygen atoms in total. The first-order chi connectivity index (χ1) is 16.2. The SMILES string of the molecule is Cc1ccc([C@@H](c2nnnn2C2CCCC2)N(Cc2ccco2)Cc2ccccc2Cl)cc1. The molecule has 2 aromatic heterocycles. The van der Waals surface area contributed by atoms with E-state index in [0.29, 0.717) is 19.1 Å². The molecule has 0 N–H and O–H groups in total. The normalized spacial score (nSPS) is 15.4. The summed E-state index contributed by atoms with van der Waals surface area (Å²) in [4.78, 5) is 2.35. The van der Waals surface area contributed by atoms with Gasteiger partial charge in [-0.2, -0.15) is 0 Å². The predicted molar refractivity (Wildman–Crippen MR) is 128 cm³/mol. The van der Waals surface area contributed by atoms with Crippen LogP contribution < -0.4 is 0 Å². The highest BCUT2D eigenvalue weighted by Crippen LogP contribution is 2.36. The number of hydrogen-bond donors (Lipinski definition) is 0. The number of hydrogen-bond acceptors (Lipinski definition) is 5. The Kier molecular flexibility index (Phi) is 6.55. The highest BCUT2D eigenvalue weighted by molar-refractivity contribution is 6.31. The van der Waals surface area contributed by atoms with E-state index < -0.39 is 0 Å². The van der Waals surface area contributed by atoms with Crippen molar-refractivity contribution in [2.45, 2.75) is 57.8 Å². The van der Waals surface area contributed by atoms with Crippen molar-refractivity contribution in [3.8, 4) is 0 Å². The highest BCUT2D eigenvalue weighted by atomic mass is 35.5. The summed E-state index contributed by atoms with van der Waals surface area (Å²) in [6.45, 7) is 3.34. The Balaban J connectivity index is 1.60. The van der Waals surface area contributed by atoms with Crippen molar-refractivity contribution in [3.63, 3.8) is 0 Å². The van der Waals surface area contributed by atoms with Crippen molar-refractivity contribution in [3.05, 3.63) is 100 Å². The lowest BCUT2D eigenvalue weighted by Gasteiger charge is -2.32. The molecule has 0 bridgehead atoms. The molecule has 2 aromatic carbocycles. The standard InChI is InChI=1S/C26H28ClN5O/c1-19-12-14-20(15-13-19)25(26-28-29-30-32(26)22-8-3-4-9-22)31(18-23-10-6-16-33-23)17-21-7-2-5-11-24(21)27/h2,5-7,10-16,22,25H,3-4,8-9,17-18H2,1H3/t25-/m0/s1. The van der Waals surface area contributed by atoms with Gasteiger partial charge in [-0.3, -0.25) is 4.90 Å². The number of benzene rings is 2. The lowest BCUT2D eigenvalue weighted by Crippen LogP contribution is -2.32. The van der Waals surface area contributed by atoms with E-state index in [9.17, 15) is 0 Å². The lowest BCUT2D eigenvalue weighted by atomic mass is 10.0. The van der Waals surface area contributed by atoms with Crippen LogP contribution in [-0.2, 0) is 13.1 Å². The van der Waals surface area contributed by atoms with Crippen LogP contribution in [0, 0.1) is 6.92 Å². The molecule has 7 heteroatoms. The number of aryl methyl sites for hydroxylation is 1. The second-order valence-electron chi connectivity index (χ2n) is 8.81. The van der Waals surface area contributed by atoms with Gasteiger partial charge in [-0.25, -0.2) is 4.68 Å². The third-order valence-corrected chi connectivity index (χ3v) is 6.83. The van der Waals surface area contributed by atoms with Gasteiger partial charge < -0.3 is 4.42 Å². The molecule has 5 rings (SSSR count). The third kappa shape index (κ3) is 4.87. The summed E-state index contributed by atoms with van der Waals surface area (Å²) in [6.07, 6.45) is 6.37. The van der Waals surface area contributed by atoms with Gasteiger partial charge in [-0.05, 0) is 59.5 Å². The maximum atomic E-state index is 6.59. The van der Waals surface area contributed by atoms with Crippen LogP contribution in [0.15, 0.2) is 71.3 Å². The number of nitrogens with zero attached hydrogens (tertiary/aromatic N) is 5. The van der Waals surface area contributed by atoms with Crippen LogP contribution in [0.25, 0.3) is 0 Å². The Morgan fingerprint density at radius 3 is 2.55 bits per heavy atom. The van der Waals surface area contributed by atoms with Gasteiger partial charge in [0.2, 0.25) is 0 Å². The minimum atomic E-state index is -0.150. The molecule has 4 aromatic rings. The zero-order chi connectivity index (χ0) is 22.6. The third-order valence-electron chi connectivity index (χ3n) is 6.46. The lowest BCUT2D eigenvalue weighted by molar-refractivity contribution is 0.177. The second kappa shape index (κ2) is 9.89. The molecule has 1 saturated carbocycles. The Morgan fingerprint density at radius 1 is 1.03 bits per heavy atom. The summed E-state index contributed by atoms with van der Waals surface area (Å²) in [5.41, 5.74) is 3.42. The summed E-state index contributed by atoms with van der Waals surface area (Å²) >= 11 is 6.59. The molecule has 2 heterocycles. The zero-order valence-electron chi connectivity index (χ0n) is 18.8. The molecule has 1 aliphatic rings. The molecular formula is C26H28ClN5O. The van der Waals surface area contributed by atoms with Crippen LogP contribution in [0.5, 0.6) is 0 Å². The average Bonchev–Trinajstić information content (AvgIpc) is 3.60. The fourth-order valence-corrected chi connectivity index (χ4v) is 4.94. The highest BCUT2D eigenvalue weighted by Gasteiger charge is 2.32. The predicted octanol–water partition coefficient (Wildman–Crippen LogP) is 6.13. The van der Waals surface area contributed by atoms with E-state index in [1.807, 2.05) is 30.3 Å². The van der Waals surface area contributed by atoms with E-state index in [2.05, 4.69) is 62.4 Å². The van der Waals surface area contributed by atoms with Crippen LogP contribution in [0.1, 0.15) is 66.0 Å². The fourth-order valence-electron chi connectivity index (χ4n) is 4.75. The largest absolute Gasteiger partial charge is 0.468 e. The van der Waals surface area contributed by atoms with E-state index in [0.717, 1.165) is 40.6 Å². The monoisotopic (exact) mass is 461 g/mol. The number of tetrazole rings is 1. The van der Waals surface area contributed by atoms with Crippen molar-refractivity contribution in [1.82, 2.24) is 25.1 Å². The van der Waals surface area contributed by atoms with Gasteiger partial charge in [0.1, 0.15) is 5.76 Å². The molecule has 0 amide bonds. The zero-order valence-corrected chi connectivity index (χ0v) is 19.5. The molecule has 0 aliphatic heterocycles. The van der Waals surface area contributed by atoms with E-state index in [4.69, 9.17) is 16.0 Å². The number of halogens is 1. The summed E-state index contributed by atoms with van der Waals surface area (Å²) in [7, 11) is 0. The topological polar surface area (TPSA) is 60.0 Å². The quantitative estimate of drug-likeness (QED) is 0.315. The summed E-state index contributed by atoms with van der Waals surface area (Å²) in [6, 6.07) is 20.8. The van der Waals surface area contributed by atoms with E-state index in [1.54, 1.807) is 6.26 Å². The van der Waals surface area contributed by atoms with Gasteiger partial charge >= 0.3 is 0 Å². The van der Waals surface area contributed by atoms with Gasteiger partial charge in [0.15, 0.2) is 5.82 Å². The van der Waals surface area contributed by atoms with E-state index in [1.165, 1.54) is 18.4 Å². The average molecular weight is 462 g/mol. The fraction of sp³-hybridized carbons (Fsp3) is 0.346. The first kappa shape index (κ1) is 21.9. The van der Waals surface area contributed by atoms with Crippen molar-refractivity contribution >= 4 is 11.6 Å². The van der Waals surface area contributed by atoms with Gasteiger partial charge in [-0.1, -0.05) is 72.5 Å². The first-order valence-electron chi connectivity index (χ1n) is 11.5. The van der Waals surface area contributed by atoms with Crippen molar-refractivity contribution in [1.29, 1.82) is 0 Å². The van der Waals surface area contributed by atoms with Crippen LogP contribution in [0.4, 0.5) is 0 Å². The molecule has 0 saturated heterocycles. The van der Waals surface area contributed by atoms with Gasteiger partial charge in [0.25, 0.3) is 0 Å². The van der Waals surface area contributed by atoms with Crippen LogP contribution in [0.3, 0.4) is 0 Å². The summed E-state index contributed by atoms with van der Waals surface area (Å²) in [5.74, 6) is 1.75.